The highest BCUT2D eigenvalue weighted by atomic mass is 16.6. The number of methoxy groups -OCH3 is 1. The fourth-order valence-electron chi connectivity index (χ4n) is 3.22. The number of likely N-dealkylation sites (tertiary alicyclic amines) is 1. The summed E-state index contributed by atoms with van der Waals surface area (Å²) in [5.41, 5.74) is 0.812. The number of carbonyl (C=O) groups is 1. The average Bonchev–Trinajstić information content (AvgIpc) is 2.59. The van der Waals surface area contributed by atoms with E-state index in [1.807, 2.05) is 30.0 Å². The smallest absolute Gasteiger partial charge is 0.263 e. The van der Waals surface area contributed by atoms with E-state index in [9.17, 15) is 4.79 Å². The van der Waals surface area contributed by atoms with Crippen molar-refractivity contribution in [3.05, 3.63) is 23.8 Å². The lowest BCUT2D eigenvalue weighted by Crippen LogP contribution is -2.48. The van der Waals surface area contributed by atoms with Crippen LogP contribution in [-0.4, -0.2) is 49.4 Å². The Labute approximate surface area is 149 Å². The molecule has 0 aliphatic carbocycles. The highest BCUT2D eigenvalue weighted by molar-refractivity contribution is 5.81. The molecule has 1 fully saturated rings. The summed E-state index contributed by atoms with van der Waals surface area (Å²) in [5, 5.41) is 3.91. The topological polar surface area (TPSA) is 60.4 Å². The van der Waals surface area contributed by atoms with E-state index in [0.29, 0.717) is 18.1 Å². The standard InChI is InChI=1S/C19H28N2O4/c1-5-24-17-10-9-16(11-18(17)23-4)12-20-25-13-19(22)21-14(2)7-6-8-15(21)3/h9-12,14-15H,5-8,13H2,1-4H3/b20-12-/t14-,15-/m0/s1. The molecule has 0 bridgehead atoms. The van der Waals surface area contributed by atoms with E-state index in [0.717, 1.165) is 18.4 Å². The van der Waals surface area contributed by atoms with Crippen molar-refractivity contribution < 1.29 is 19.1 Å². The Hall–Kier alpha value is -2.24. The van der Waals surface area contributed by atoms with Crippen molar-refractivity contribution in [3.63, 3.8) is 0 Å². The summed E-state index contributed by atoms with van der Waals surface area (Å²) in [6, 6.07) is 6.02. The molecule has 1 aliphatic heterocycles. The van der Waals surface area contributed by atoms with Gasteiger partial charge in [-0.3, -0.25) is 4.79 Å². The van der Waals surface area contributed by atoms with E-state index in [1.54, 1.807) is 13.3 Å². The lowest BCUT2D eigenvalue weighted by Gasteiger charge is -2.38. The summed E-state index contributed by atoms with van der Waals surface area (Å²) in [6.07, 6.45) is 4.83. The quantitative estimate of drug-likeness (QED) is 0.561. The van der Waals surface area contributed by atoms with E-state index >= 15 is 0 Å². The molecule has 0 N–H and O–H groups in total. The third-order valence-electron chi connectivity index (χ3n) is 4.43. The van der Waals surface area contributed by atoms with Gasteiger partial charge in [-0.1, -0.05) is 5.16 Å². The number of ether oxygens (including phenoxy) is 2. The van der Waals surface area contributed by atoms with Crippen LogP contribution in [0.1, 0.15) is 45.6 Å². The Balaban J connectivity index is 1.89. The molecule has 0 radical (unpaired) electrons. The molecular formula is C19H28N2O4. The number of oxime groups is 1. The van der Waals surface area contributed by atoms with Crippen LogP contribution in [0.15, 0.2) is 23.4 Å². The van der Waals surface area contributed by atoms with Gasteiger partial charge in [0.15, 0.2) is 18.1 Å². The molecular weight excluding hydrogens is 320 g/mol. The van der Waals surface area contributed by atoms with E-state index in [1.165, 1.54) is 6.42 Å². The van der Waals surface area contributed by atoms with Gasteiger partial charge in [0.2, 0.25) is 0 Å². The van der Waals surface area contributed by atoms with Crippen LogP contribution in [0, 0.1) is 0 Å². The summed E-state index contributed by atoms with van der Waals surface area (Å²) in [7, 11) is 1.59. The number of nitrogens with zero attached hydrogens (tertiary/aromatic N) is 2. The van der Waals surface area contributed by atoms with Crippen LogP contribution >= 0.6 is 0 Å². The first-order valence-corrected chi connectivity index (χ1v) is 8.84. The van der Waals surface area contributed by atoms with E-state index in [-0.39, 0.29) is 24.6 Å². The van der Waals surface area contributed by atoms with Crippen LogP contribution in [0.5, 0.6) is 11.5 Å². The molecule has 0 saturated carbocycles. The van der Waals surface area contributed by atoms with Crippen molar-refractivity contribution in [2.24, 2.45) is 5.16 Å². The highest BCUT2D eigenvalue weighted by Gasteiger charge is 2.28. The minimum absolute atomic E-state index is 0.0128. The van der Waals surface area contributed by atoms with Crippen LogP contribution in [0.25, 0.3) is 0 Å². The van der Waals surface area contributed by atoms with Gasteiger partial charge in [-0.25, -0.2) is 0 Å². The Morgan fingerprint density at radius 3 is 2.64 bits per heavy atom. The lowest BCUT2D eigenvalue weighted by atomic mass is 9.97. The maximum atomic E-state index is 12.3. The van der Waals surface area contributed by atoms with Gasteiger partial charge in [0.05, 0.1) is 19.9 Å². The van der Waals surface area contributed by atoms with Crippen molar-refractivity contribution in [2.45, 2.75) is 52.1 Å². The zero-order valence-corrected chi connectivity index (χ0v) is 15.5. The molecule has 25 heavy (non-hydrogen) atoms. The van der Waals surface area contributed by atoms with E-state index in [2.05, 4.69) is 19.0 Å². The first-order valence-electron chi connectivity index (χ1n) is 8.84. The summed E-state index contributed by atoms with van der Waals surface area (Å²) < 4.78 is 10.8. The van der Waals surface area contributed by atoms with E-state index in [4.69, 9.17) is 14.3 Å². The summed E-state index contributed by atoms with van der Waals surface area (Å²) >= 11 is 0. The molecule has 1 aromatic rings. The molecule has 2 rings (SSSR count). The molecule has 1 aliphatic rings. The van der Waals surface area contributed by atoms with Gasteiger partial charge in [0, 0.05) is 17.6 Å². The van der Waals surface area contributed by atoms with Crippen LogP contribution in [0.2, 0.25) is 0 Å². The zero-order valence-electron chi connectivity index (χ0n) is 15.5. The number of benzene rings is 1. The predicted octanol–water partition coefficient (Wildman–Crippen LogP) is 3.23. The van der Waals surface area contributed by atoms with Crippen molar-refractivity contribution in [2.75, 3.05) is 20.3 Å². The van der Waals surface area contributed by atoms with Crippen LogP contribution in [-0.2, 0) is 9.63 Å². The number of amides is 1. The molecule has 2 atom stereocenters. The fraction of sp³-hybridized carbons (Fsp3) is 0.579. The molecule has 138 valence electrons. The number of rotatable bonds is 7. The highest BCUT2D eigenvalue weighted by Crippen LogP contribution is 2.27. The lowest BCUT2D eigenvalue weighted by molar-refractivity contribution is -0.142. The number of carbonyl (C=O) groups excluding carboxylic acids is 1. The second-order valence-electron chi connectivity index (χ2n) is 6.28. The first kappa shape index (κ1) is 19.1. The zero-order chi connectivity index (χ0) is 18.2. The minimum atomic E-state index is -0.0423. The molecule has 1 heterocycles. The molecule has 0 unspecified atom stereocenters. The molecule has 1 amide bonds. The van der Waals surface area contributed by atoms with Crippen LogP contribution in [0.4, 0.5) is 0 Å². The first-order chi connectivity index (χ1) is 12.1. The van der Waals surface area contributed by atoms with Crippen LogP contribution < -0.4 is 9.47 Å². The predicted molar refractivity (Wildman–Crippen MR) is 97.3 cm³/mol. The van der Waals surface area contributed by atoms with Gasteiger partial charge in [0.1, 0.15) is 0 Å². The van der Waals surface area contributed by atoms with Gasteiger partial charge in [-0.05, 0) is 58.2 Å². The van der Waals surface area contributed by atoms with Gasteiger partial charge in [-0.15, -0.1) is 0 Å². The molecule has 0 spiro atoms. The van der Waals surface area contributed by atoms with Crippen molar-refractivity contribution in [1.82, 2.24) is 4.90 Å². The van der Waals surface area contributed by atoms with Crippen molar-refractivity contribution in [1.29, 1.82) is 0 Å². The Kier molecular flexibility index (Phi) is 7.10. The van der Waals surface area contributed by atoms with Gasteiger partial charge >= 0.3 is 0 Å². The second-order valence-corrected chi connectivity index (χ2v) is 6.28. The normalized spacial score (nSPS) is 20.6. The second kappa shape index (κ2) is 9.30. The average molecular weight is 348 g/mol. The summed E-state index contributed by atoms with van der Waals surface area (Å²) in [4.78, 5) is 19.5. The third kappa shape index (κ3) is 5.11. The molecule has 1 saturated heterocycles. The minimum Gasteiger partial charge on any atom is -0.493 e. The SMILES string of the molecule is CCOc1ccc(/C=N\OCC(=O)N2[C@@H](C)CCC[C@@H]2C)cc1OC. The number of piperidine rings is 1. The summed E-state index contributed by atoms with van der Waals surface area (Å²) in [5.74, 6) is 1.31. The third-order valence-corrected chi connectivity index (χ3v) is 4.43. The Morgan fingerprint density at radius 1 is 1.28 bits per heavy atom. The van der Waals surface area contributed by atoms with Crippen LogP contribution in [0.3, 0.4) is 0 Å². The molecule has 1 aromatic carbocycles. The van der Waals surface area contributed by atoms with Crippen molar-refractivity contribution >= 4 is 12.1 Å². The maximum Gasteiger partial charge on any atom is 0.263 e. The fourth-order valence-corrected chi connectivity index (χ4v) is 3.22. The molecule has 6 nitrogen and oxygen atoms in total. The van der Waals surface area contributed by atoms with Crippen molar-refractivity contribution in [3.8, 4) is 11.5 Å². The Morgan fingerprint density at radius 2 is 2.00 bits per heavy atom. The van der Waals surface area contributed by atoms with Gasteiger partial charge in [0.25, 0.3) is 5.91 Å². The molecule has 0 aromatic heterocycles. The monoisotopic (exact) mass is 348 g/mol. The number of hydrogen-bond acceptors (Lipinski definition) is 5. The molecule has 6 heteroatoms. The number of hydrogen-bond donors (Lipinski definition) is 0. The maximum absolute atomic E-state index is 12.3. The van der Waals surface area contributed by atoms with E-state index < -0.39 is 0 Å². The van der Waals surface area contributed by atoms with Gasteiger partial charge < -0.3 is 19.2 Å². The largest absolute Gasteiger partial charge is 0.493 e. The Bertz CT molecular complexity index is 593. The summed E-state index contributed by atoms with van der Waals surface area (Å²) in [6.45, 7) is 6.62. The van der Waals surface area contributed by atoms with Gasteiger partial charge in [-0.2, -0.15) is 0 Å².